The number of nitrogens with one attached hydrogen (secondary N) is 2. The molecule has 2 amide bonds. The molecule has 0 aromatic heterocycles. The number of amides is 2. The number of benzene rings is 1. The van der Waals surface area contributed by atoms with Gasteiger partial charge in [0.05, 0.1) is 6.54 Å². The van der Waals surface area contributed by atoms with Gasteiger partial charge in [0.25, 0.3) is 5.91 Å². The average molecular weight is 406 g/mol. The van der Waals surface area contributed by atoms with Crippen molar-refractivity contribution in [2.75, 3.05) is 20.2 Å². The summed E-state index contributed by atoms with van der Waals surface area (Å²) in [5.41, 5.74) is -0.286. The molecule has 5 rings (SSSR count). The average Bonchev–Trinajstić information content (AvgIpc) is 3.42. The minimum absolute atomic E-state index is 0.0212. The molecule has 4 aliphatic rings. The highest BCUT2D eigenvalue weighted by atomic mass is 35.5. The largest absolute Gasteiger partial charge is 0.484 e. The van der Waals surface area contributed by atoms with Gasteiger partial charge in [0.15, 0.2) is 6.61 Å². The summed E-state index contributed by atoms with van der Waals surface area (Å²) in [6, 6.07) is 7.39. The Kier molecular flexibility index (Phi) is 5.04. The quantitative estimate of drug-likeness (QED) is 0.661. The SMILES string of the molecule is CC(C1CC1)N(C)CC(=O)NC12CC(NC(=O)COc3ccc(Cl)cc3)(C1)C2. The highest BCUT2D eigenvalue weighted by Crippen LogP contribution is 2.60. The minimum atomic E-state index is -0.166. The topological polar surface area (TPSA) is 70.7 Å². The van der Waals surface area contributed by atoms with Crippen molar-refractivity contribution < 1.29 is 14.3 Å². The summed E-state index contributed by atoms with van der Waals surface area (Å²) in [4.78, 5) is 26.7. The van der Waals surface area contributed by atoms with Crippen LogP contribution in [0.2, 0.25) is 5.02 Å². The monoisotopic (exact) mass is 405 g/mol. The van der Waals surface area contributed by atoms with E-state index in [-0.39, 0.29) is 29.5 Å². The first kappa shape index (κ1) is 19.5. The molecule has 6 nitrogen and oxygen atoms in total. The van der Waals surface area contributed by atoms with Crippen molar-refractivity contribution in [3.8, 4) is 5.75 Å². The van der Waals surface area contributed by atoms with Gasteiger partial charge in [-0.3, -0.25) is 14.5 Å². The first-order valence-corrected chi connectivity index (χ1v) is 10.4. The van der Waals surface area contributed by atoms with Crippen LogP contribution in [-0.2, 0) is 9.59 Å². The first-order valence-electron chi connectivity index (χ1n) is 9.99. The van der Waals surface area contributed by atoms with Crippen molar-refractivity contribution in [2.24, 2.45) is 5.92 Å². The molecule has 2 N–H and O–H groups in total. The van der Waals surface area contributed by atoms with Crippen LogP contribution in [-0.4, -0.2) is 54.0 Å². The van der Waals surface area contributed by atoms with Crippen LogP contribution in [0.3, 0.4) is 0 Å². The smallest absolute Gasteiger partial charge is 0.258 e. The van der Waals surface area contributed by atoms with Gasteiger partial charge in [0.2, 0.25) is 5.91 Å². The number of carbonyl (C=O) groups excluding carboxylic acids is 2. The van der Waals surface area contributed by atoms with E-state index in [0.29, 0.717) is 23.4 Å². The maximum atomic E-state index is 12.4. The van der Waals surface area contributed by atoms with E-state index in [4.69, 9.17) is 16.3 Å². The maximum absolute atomic E-state index is 12.4. The van der Waals surface area contributed by atoms with Gasteiger partial charge in [-0.1, -0.05) is 11.6 Å². The fourth-order valence-electron chi connectivity index (χ4n) is 4.71. The highest BCUT2D eigenvalue weighted by Gasteiger charge is 2.69. The summed E-state index contributed by atoms with van der Waals surface area (Å²) in [7, 11) is 2.02. The zero-order chi connectivity index (χ0) is 19.9. The number of hydrogen-bond donors (Lipinski definition) is 2. The third-order valence-electron chi connectivity index (χ3n) is 6.42. The van der Waals surface area contributed by atoms with Crippen molar-refractivity contribution in [1.82, 2.24) is 15.5 Å². The van der Waals surface area contributed by atoms with E-state index in [1.165, 1.54) is 12.8 Å². The van der Waals surface area contributed by atoms with Gasteiger partial charge in [-0.25, -0.2) is 0 Å². The van der Waals surface area contributed by atoms with E-state index in [9.17, 15) is 9.59 Å². The molecule has 0 heterocycles. The summed E-state index contributed by atoms with van der Waals surface area (Å²) < 4.78 is 5.49. The zero-order valence-electron chi connectivity index (χ0n) is 16.5. The predicted octanol–water partition coefficient (Wildman–Crippen LogP) is 2.36. The Morgan fingerprint density at radius 2 is 1.71 bits per heavy atom. The Morgan fingerprint density at radius 3 is 2.29 bits per heavy atom. The molecule has 0 radical (unpaired) electrons. The van der Waals surface area contributed by atoms with E-state index in [0.717, 1.165) is 25.2 Å². The number of ether oxygens (including phenoxy) is 1. The van der Waals surface area contributed by atoms with Crippen LogP contribution in [0.4, 0.5) is 0 Å². The first-order chi connectivity index (χ1) is 13.3. The molecule has 152 valence electrons. The van der Waals surface area contributed by atoms with E-state index in [2.05, 4.69) is 22.5 Å². The molecule has 28 heavy (non-hydrogen) atoms. The van der Waals surface area contributed by atoms with Gasteiger partial charge in [0.1, 0.15) is 5.75 Å². The third-order valence-corrected chi connectivity index (χ3v) is 6.67. The van der Waals surface area contributed by atoms with E-state index in [1.807, 2.05) is 7.05 Å². The van der Waals surface area contributed by atoms with E-state index < -0.39 is 0 Å². The lowest BCUT2D eigenvalue weighted by Gasteiger charge is -2.70. The zero-order valence-corrected chi connectivity index (χ0v) is 17.2. The Morgan fingerprint density at radius 1 is 1.14 bits per heavy atom. The third kappa shape index (κ3) is 4.13. The molecule has 1 atom stereocenters. The van der Waals surface area contributed by atoms with Crippen molar-refractivity contribution in [1.29, 1.82) is 0 Å². The van der Waals surface area contributed by atoms with Crippen molar-refractivity contribution in [2.45, 2.75) is 56.1 Å². The molecule has 4 aliphatic carbocycles. The second-order valence-electron chi connectivity index (χ2n) is 8.92. The molecule has 1 aromatic rings. The van der Waals surface area contributed by atoms with Gasteiger partial charge in [-0.15, -0.1) is 0 Å². The van der Waals surface area contributed by atoms with Crippen LogP contribution >= 0.6 is 11.6 Å². The molecule has 1 unspecified atom stereocenters. The van der Waals surface area contributed by atoms with Gasteiger partial charge in [0, 0.05) is 22.1 Å². The molecule has 0 saturated heterocycles. The summed E-state index contributed by atoms with van der Waals surface area (Å²) >= 11 is 5.83. The molecular formula is C21H28ClN3O3. The standard InChI is InChI=1S/C21H28ClN3O3/c1-14(15-3-4-15)25(2)9-18(26)23-20-11-21(12-20,13-20)24-19(27)10-28-17-7-5-16(22)6-8-17/h5-8,14-15H,3-4,9-13H2,1-2H3,(H,23,26)(H,24,27). The number of rotatable bonds is 9. The molecule has 4 saturated carbocycles. The Hall–Kier alpha value is -1.79. The second-order valence-corrected chi connectivity index (χ2v) is 9.36. The van der Waals surface area contributed by atoms with Crippen LogP contribution in [0.25, 0.3) is 0 Å². The molecule has 0 aliphatic heterocycles. The normalized spacial score (nSPS) is 28.7. The van der Waals surface area contributed by atoms with Crippen molar-refractivity contribution in [3.63, 3.8) is 0 Å². The highest BCUT2D eigenvalue weighted by molar-refractivity contribution is 6.30. The summed E-state index contributed by atoms with van der Waals surface area (Å²) in [6.07, 6.45) is 4.98. The minimum Gasteiger partial charge on any atom is -0.484 e. The lowest BCUT2D eigenvalue weighted by Crippen LogP contribution is -2.84. The fraction of sp³-hybridized carbons (Fsp3) is 0.619. The van der Waals surface area contributed by atoms with E-state index >= 15 is 0 Å². The van der Waals surface area contributed by atoms with Crippen LogP contribution in [0.15, 0.2) is 24.3 Å². The van der Waals surface area contributed by atoms with Crippen molar-refractivity contribution in [3.05, 3.63) is 29.3 Å². The summed E-state index contributed by atoms with van der Waals surface area (Å²) in [5, 5.41) is 6.89. The van der Waals surface area contributed by atoms with Crippen LogP contribution in [0.1, 0.15) is 39.0 Å². The number of carbonyl (C=O) groups is 2. The van der Waals surface area contributed by atoms with Crippen LogP contribution < -0.4 is 15.4 Å². The Labute approximate surface area is 170 Å². The van der Waals surface area contributed by atoms with Crippen LogP contribution in [0, 0.1) is 5.92 Å². The molecule has 0 spiro atoms. The summed E-state index contributed by atoms with van der Waals surface area (Å²) in [6.45, 7) is 2.61. The Bertz CT molecular complexity index is 743. The number of hydrogen-bond acceptors (Lipinski definition) is 4. The van der Waals surface area contributed by atoms with Crippen LogP contribution in [0.5, 0.6) is 5.75 Å². The van der Waals surface area contributed by atoms with Gasteiger partial charge in [-0.05, 0) is 76.3 Å². The fourth-order valence-corrected chi connectivity index (χ4v) is 4.83. The number of likely N-dealkylation sites (N-methyl/N-ethyl adjacent to an activating group) is 1. The molecular weight excluding hydrogens is 378 g/mol. The van der Waals surface area contributed by atoms with Gasteiger partial charge in [-0.2, -0.15) is 0 Å². The molecule has 7 heteroatoms. The second kappa shape index (κ2) is 7.23. The number of halogens is 1. The maximum Gasteiger partial charge on any atom is 0.258 e. The molecule has 2 bridgehead atoms. The van der Waals surface area contributed by atoms with Gasteiger partial charge < -0.3 is 15.4 Å². The summed E-state index contributed by atoms with van der Waals surface area (Å²) in [5.74, 6) is 1.32. The lowest BCUT2D eigenvalue weighted by atomic mass is 9.44. The molecule has 4 fully saturated rings. The Balaban J connectivity index is 1.16. The van der Waals surface area contributed by atoms with E-state index in [1.54, 1.807) is 24.3 Å². The van der Waals surface area contributed by atoms with Gasteiger partial charge >= 0.3 is 0 Å². The number of nitrogens with zero attached hydrogens (tertiary/aromatic N) is 1. The lowest BCUT2D eigenvalue weighted by molar-refractivity contribution is -0.151. The predicted molar refractivity (Wildman–Crippen MR) is 107 cm³/mol. The molecule has 1 aromatic carbocycles. The van der Waals surface area contributed by atoms with Crippen molar-refractivity contribution >= 4 is 23.4 Å².